The molecule has 5 nitrogen and oxygen atoms in total. The number of nitro groups is 1. The minimum atomic E-state index is -1.16. The molecule has 6 rings (SSSR count). The predicted molar refractivity (Wildman–Crippen MR) is 127 cm³/mol. The summed E-state index contributed by atoms with van der Waals surface area (Å²) in [6, 6.07) is 24.5. The lowest BCUT2D eigenvalue weighted by Crippen LogP contribution is -2.54. The number of fused-ring (bicyclic) bond motifs is 7. The fourth-order valence-corrected chi connectivity index (χ4v) is 5.98. The number of hydrogen-bond donors (Lipinski definition) is 0. The van der Waals surface area contributed by atoms with Crippen molar-refractivity contribution in [3.63, 3.8) is 0 Å². The molecular formula is C26H21BrN2O3. The molecule has 0 bridgehead atoms. The van der Waals surface area contributed by atoms with Crippen molar-refractivity contribution in [1.29, 1.82) is 0 Å². The summed E-state index contributed by atoms with van der Waals surface area (Å²) in [6.07, 6.45) is 1.11. The average Bonchev–Trinajstić information content (AvgIpc) is 3.13. The molecule has 2 atom stereocenters. The maximum absolute atomic E-state index is 12.6. The third-order valence-corrected chi connectivity index (χ3v) is 7.54. The molecule has 2 heterocycles. The first-order chi connectivity index (χ1) is 15.6. The fraction of sp³-hybridized carbons (Fsp3) is 0.231. The van der Waals surface area contributed by atoms with Crippen LogP contribution in [0.4, 0.5) is 0 Å². The van der Waals surface area contributed by atoms with Gasteiger partial charge in [0.15, 0.2) is 6.61 Å². The van der Waals surface area contributed by atoms with Gasteiger partial charge in [0.25, 0.3) is 5.54 Å². The molecule has 0 saturated carbocycles. The summed E-state index contributed by atoms with van der Waals surface area (Å²) in [5.74, 6) is 0.382. The molecule has 0 amide bonds. The quantitative estimate of drug-likeness (QED) is 0.265. The summed E-state index contributed by atoms with van der Waals surface area (Å²) < 4.78 is 9.23. The highest BCUT2D eigenvalue weighted by Gasteiger charge is 2.59. The molecule has 1 aliphatic carbocycles. The van der Waals surface area contributed by atoms with E-state index in [1.807, 2.05) is 36.4 Å². The van der Waals surface area contributed by atoms with E-state index in [1.165, 1.54) is 11.3 Å². The number of hydrogen-bond acceptors (Lipinski definition) is 3. The van der Waals surface area contributed by atoms with Crippen LogP contribution in [0.5, 0.6) is 5.75 Å². The van der Waals surface area contributed by atoms with Gasteiger partial charge in [-0.2, -0.15) is 0 Å². The minimum absolute atomic E-state index is 0.0895. The van der Waals surface area contributed by atoms with E-state index in [1.54, 1.807) is 0 Å². The highest BCUT2D eigenvalue weighted by molar-refractivity contribution is 9.10. The Morgan fingerprint density at radius 1 is 1.09 bits per heavy atom. The number of halogens is 1. The van der Waals surface area contributed by atoms with E-state index in [9.17, 15) is 10.1 Å². The van der Waals surface area contributed by atoms with Crippen molar-refractivity contribution in [2.45, 2.75) is 30.8 Å². The lowest BCUT2D eigenvalue weighted by molar-refractivity contribution is -0.579. The van der Waals surface area contributed by atoms with Crippen molar-refractivity contribution in [3.8, 4) is 5.75 Å². The molecule has 0 N–H and O–H groups in total. The second kappa shape index (κ2) is 7.20. The lowest BCUT2D eigenvalue weighted by atomic mass is 9.67. The van der Waals surface area contributed by atoms with E-state index in [2.05, 4.69) is 56.9 Å². The zero-order valence-corrected chi connectivity index (χ0v) is 18.9. The van der Waals surface area contributed by atoms with Crippen molar-refractivity contribution in [2.24, 2.45) is 0 Å². The Balaban J connectivity index is 1.64. The standard InChI is InChI=1S/C26H21BrN2O3/c27-18-10-11-23-20(14-18)25-24-19-8-4-5-9-21(19)28(15-17-6-2-1-3-7-17)22(24)12-13-26(25,16-32-23)29(30)31/h1-11,14,25H,12-13,15-16H2/t25-,26+/m0/s1. The van der Waals surface area contributed by atoms with Crippen LogP contribution in [0.3, 0.4) is 0 Å². The van der Waals surface area contributed by atoms with Crippen LogP contribution >= 0.6 is 15.9 Å². The summed E-state index contributed by atoms with van der Waals surface area (Å²) >= 11 is 3.57. The topological polar surface area (TPSA) is 57.3 Å². The number of para-hydroxylation sites is 1. The largest absolute Gasteiger partial charge is 0.486 e. The smallest absolute Gasteiger partial charge is 0.266 e. The predicted octanol–water partition coefficient (Wildman–Crippen LogP) is 5.94. The van der Waals surface area contributed by atoms with Gasteiger partial charge in [0.2, 0.25) is 0 Å². The van der Waals surface area contributed by atoms with Crippen LogP contribution in [0, 0.1) is 10.1 Å². The zero-order valence-electron chi connectivity index (χ0n) is 17.3. The molecule has 0 fully saturated rings. The summed E-state index contributed by atoms with van der Waals surface area (Å²) in [5, 5.41) is 13.7. The highest BCUT2D eigenvalue weighted by atomic mass is 79.9. The van der Waals surface area contributed by atoms with Gasteiger partial charge in [-0.15, -0.1) is 0 Å². The van der Waals surface area contributed by atoms with Crippen LogP contribution in [-0.2, 0) is 13.0 Å². The fourth-order valence-electron chi connectivity index (χ4n) is 5.60. The molecule has 32 heavy (non-hydrogen) atoms. The van der Waals surface area contributed by atoms with E-state index in [0.717, 1.165) is 38.8 Å². The second-order valence-electron chi connectivity index (χ2n) is 8.71. The first-order valence-electron chi connectivity index (χ1n) is 10.8. The van der Waals surface area contributed by atoms with Gasteiger partial charge in [0.1, 0.15) is 5.75 Å². The number of aromatic nitrogens is 1. The van der Waals surface area contributed by atoms with Crippen LogP contribution < -0.4 is 4.74 Å². The van der Waals surface area contributed by atoms with Crippen molar-refractivity contribution < 1.29 is 9.66 Å². The van der Waals surface area contributed by atoms with Gasteiger partial charge < -0.3 is 9.30 Å². The summed E-state index contributed by atoms with van der Waals surface area (Å²) in [4.78, 5) is 12.5. The molecular weight excluding hydrogens is 468 g/mol. The van der Waals surface area contributed by atoms with E-state index in [0.29, 0.717) is 12.8 Å². The first-order valence-corrected chi connectivity index (χ1v) is 11.6. The summed E-state index contributed by atoms with van der Waals surface area (Å²) in [5.41, 5.74) is 4.36. The molecule has 160 valence electrons. The molecule has 0 unspecified atom stereocenters. The minimum Gasteiger partial charge on any atom is -0.486 e. The van der Waals surface area contributed by atoms with Gasteiger partial charge in [0, 0.05) is 44.5 Å². The molecule has 0 spiro atoms. The third-order valence-electron chi connectivity index (χ3n) is 7.05. The average molecular weight is 489 g/mol. The Kier molecular flexibility index (Phi) is 4.40. The van der Waals surface area contributed by atoms with E-state index in [-0.39, 0.29) is 17.4 Å². The molecule has 1 aliphatic heterocycles. The van der Waals surface area contributed by atoms with Crippen molar-refractivity contribution in [1.82, 2.24) is 4.57 Å². The lowest BCUT2D eigenvalue weighted by Gasteiger charge is -2.41. The number of nitrogens with zero attached hydrogens (tertiary/aromatic N) is 2. The van der Waals surface area contributed by atoms with Gasteiger partial charge in [0.05, 0.1) is 5.92 Å². The van der Waals surface area contributed by atoms with E-state index in [4.69, 9.17) is 4.74 Å². The van der Waals surface area contributed by atoms with Crippen LogP contribution in [0.2, 0.25) is 0 Å². The monoisotopic (exact) mass is 488 g/mol. The number of rotatable bonds is 3. The van der Waals surface area contributed by atoms with E-state index < -0.39 is 5.54 Å². The Hall–Kier alpha value is -3.12. The van der Waals surface area contributed by atoms with E-state index >= 15 is 0 Å². The normalized spacial score (nSPS) is 21.3. The van der Waals surface area contributed by atoms with Crippen LogP contribution in [0.1, 0.15) is 34.7 Å². The number of benzene rings is 3. The van der Waals surface area contributed by atoms with Crippen molar-refractivity contribution >= 4 is 26.8 Å². The van der Waals surface area contributed by atoms with Crippen LogP contribution in [0.15, 0.2) is 77.3 Å². The Bertz CT molecular complexity index is 1360. The SMILES string of the molecule is O=[N+]([O-])[C@@]12CCc3c(c4ccccc4n3Cc3ccccc3)[C@@H]1c1cc(Br)ccc1OC2. The Morgan fingerprint density at radius 3 is 2.69 bits per heavy atom. The summed E-state index contributed by atoms with van der Waals surface area (Å²) in [7, 11) is 0. The van der Waals surface area contributed by atoms with Crippen LogP contribution in [-0.4, -0.2) is 21.6 Å². The Morgan fingerprint density at radius 2 is 1.88 bits per heavy atom. The zero-order chi connectivity index (χ0) is 21.9. The van der Waals surface area contributed by atoms with Gasteiger partial charge in [-0.3, -0.25) is 10.1 Å². The molecule has 2 aliphatic rings. The second-order valence-corrected chi connectivity index (χ2v) is 9.63. The van der Waals surface area contributed by atoms with Gasteiger partial charge >= 0.3 is 0 Å². The van der Waals surface area contributed by atoms with Gasteiger partial charge in [-0.1, -0.05) is 64.5 Å². The van der Waals surface area contributed by atoms with Crippen LogP contribution in [0.25, 0.3) is 10.9 Å². The molecule has 0 radical (unpaired) electrons. The molecule has 0 saturated heterocycles. The molecule has 3 aromatic carbocycles. The first kappa shape index (κ1) is 19.6. The van der Waals surface area contributed by atoms with Gasteiger partial charge in [-0.05, 0) is 41.8 Å². The molecule has 4 aromatic rings. The van der Waals surface area contributed by atoms with Crippen molar-refractivity contribution in [3.05, 3.63) is 110 Å². The maximum Gasteiger partial charge on any atom is 0.266 e. The molecule has 6 heteroatoms. The summed E-state index contributed by atoms with van der Waals surface area (Å²) in [6.45, 7) is 0.841. The highest BCUT2D eigenvalue weighted by Crippen LogP contribution is 2.54. The number of ether oxygens (including phenoxy) is 1. The third kappa shape index (κ3) is 2.75. The Labute approximate surface area is 193 Å². The van der Waals surface area contributed by atoms with Gasteiger partial charge in [-0.25, -0.2) is 0 Å². The molecule has 1 aromatic heterocycles. The van der Waals surface area contributed by atoms with Crippen molar-refractivity contribution in [2.75, 3.05) is 6.61 Å². The maximum atomic E-state index is 12.6.